The predicted octanol–water partition coefficient (Wildman–Crippen LogP) is 4.33. The molecule has 0 fully saturated rings. The van der Waals surface area contributed by atoms with Crippen molar-refractivity contribution in [1.82, 2.24) is 10.9 Å². The second kappa shape index (κ2) is 10.7. The van der Waals surface area contributed by atoms with Crippen molar-refractivity contribution >= 4 is 0 Å². The minimum atomic E-state index is 0.166. The molecule has 1 aromatic carbocycles. The van der Waals surface area contributed by atoms with Gasteiger partial charge in [0.15, 0.2) is 0 Å². The molecule has 24 heavy (non-hydrogen) atoms. The number of nitrogens with one attached hydrogen (secondary N) is 2. The lowest BCUT2D eigenvalue weighted by Crippen LogP contribution is -2.35. The fourth-order valence-electron chi connectivity index (χ4n) is 2.06. The molecule has 0 saturated carbocycles. The quantitative estimate of drug-likeness (QED) is 0.466. The van der Waals surface area contributed by atoms with Crippen molar-refractivity contribution < 1.29 is 9.47 Å². The first kappa shape index (κ1) is 20.9. The standard InChI is InChI=1S/C20H36N2O2/c1-16(2)14-23-12-8-11-21-22-17(3)18-9-7-10-19(13-18)24-15-20(4,5)6/h7,9-10,13,16-17,21-22H,8,11-12,14-15H2,1-6H3. The lowest BCUT2D eigenvalue weighted by atomic mass is 9.99. The van der Waals surface area contributed by atoms with Crippen molar-refractivity contribution in [1.29, 1.82) is 0 Å². The van der Waals surface area contributed by atoms with Gasteiger partial charge in [0.2, 0.25) is 0 Å². The van der Waals surface area contributed by atoms with Crippen LogP contribution in [0.25, 0.3) is 0 Å². The van der Waals surface area contributed by atoms with E-state index in [2.05, 4.69) is 64.5 Å². The molecule has 2 N–H and O–H groups in total. The van der Waals surface area contributed by atoms with Gasteiger partial charge in [0.05, 0.1) is 6.61 Å². The third-order valence-electron chi connectivity index (χ3n) is 3.39. The summed E-state index contributed by atoms with van der Waals surface area (Å²) in [7, 11) is 0. The molecule has 0 saturated heterocycles. The van der Waals surface area contributed by atoms with Crippen LogP contribution in [0.5, 0.6) is 5.75 Å². The molecule has 4 nitrogen and oxygen atoms in total. The number of benzene rings is 1. The lowest BCUT2D eigenvalue weighted by Gasteiger charge is -2.20. The molecule has 1 rings (SSSR count). The molecule has 0 bridgehead atoms. The third-order valence-corrected chi connectivity index (χ3v) is 3.39. The zero-order valence-electron chi connectivity index (χ0n) is 16.3. The zero-order chi connectivity index (χ0) is 18.0. The summed E-state index contributed by atoms with van der Waals surface area (Å²) in [5, 5.41) is 0. The largest absolute Gasteiger partial charge is 0.493 e. The molecule has 4 heteroatoms. The third kappa shape index (κ3) is 9.91. The van der Waals surface area contributed by atoms with Gasteiger partial charge in [-0.05, 0) is 42.4 Å². The highest BCUT2D eigenvalue weighted by molar-refractivity contribution is 5.30. The molecule has 0 aliphatic rings. The maximum Gasteiger partial charge on any atom is 0.119 e. The molecule has 138 valence electrons. The second-order valence-electron chi connectivity index (χ2n) is 8.04. The number of hydrogen-bond acceptors (Lipinski definition) is 4. The van der Waals surface area contributed by atoms with E-state index in [1.807, 2.05) is 12.1 Å². The SMILES string of the molecule is CC(C)COCCCNNC(C)c1cccc(OCC(C)(C)C)c1. The van der Waals surface area contributed by atoms with Gasteiger partial charge < -0.3 is 9.47 Å². The van der Waals surface area contributed by atoms with Crippen LogP contribution in [0.3, 0.4) is 0 Å². The molecule has 1 aromatic rings. The van der Waals surface area contributed by atoms with Crippen molar-refractivity contribution in [2.24, 2.45) is 11.3 Å². The second-order valence-corrected chi connectivity index (χ2v) is 8.04. The van der Waals surface area contributed by atoms with Crippen LogP contribution in [-0.2, 0) is 4.74 Å². The predicted molar refractivity (Wildman–Crippen MR) is 101 cm³/mol. The van der Waals surface area contributed by atoms with E-state index >= 15 is 0 Å². The Hall–Kier alpha value is -1.10. The molecule has 0 amide bonds. The Morgan fingerprint density at radius 1 is 1.12 bits per heavy atom. The molecule has 0 radical (unpaired) electrons. The summed E-state index contributed by atoms with van der Waals surface area (Å²) < 4.78 is 11.5. The Labute approximate surface area is 148 Å². The van der Waals surface area contributed by atoms with Crippen molar-refractivity contribution in [3.8, 4) is 5.75 Å². The average molecular weight is 337 g/mol. The Kier molecular flexibility index (Phi) is 9.34. The number of hydrogen-bond donors (Lipinski definition) is 2. The van der Waals surface area contributed by atoms with Crippen LogP contribution in [-0.4, -0.2) is 26.4 Å². The summed E-state index contributed by atoms with van der Waals surface area (Å²) in [6, 6.07) is 8.51. The van der Waals surface area contributed by atoms with Gasteiger partial charge in [0.25, 0.3) is 0 Å². The van der Waals surface area contributed by atoms with Crippen molar-refractivity contribution in [3.63, 3.8) is 0 Å². The zero-order valence-corrected chi connectivity index (χ0v) is 16.3. The van der Waals surface area contributed by atoms with Crippen molar-refractivity contribution in [2.75, 3.05) is 26.4 Å². The summed E-state index contributed by atoms with van der Waals surface area (Å²) in [6.07, 6.45) is 1.00. The first-order chi connectivity index (χ1) is 11.3. The number of ether oxygens (including phenoxy) is 2. The van der Waals surface area contributed by atoms with Gasteiger partial charge in [-0.1, -0.05) is 46.8 Å². The summed E-state index contributed by atoms with van der Waals surface area (Å²) in [5.74, 6) is 1.53. The topological polar surface area (TPSA) is 42.5 Å². The van der Waals surface area contributed by atoms with E-state index in [9.17, 15) is 0 Å². The van der Waals surface area contributed by atoms with Crippen LogP contribution in [0.2, 0.25) is 0 Å². The number of rotatable bonds is 11. The van der Waals surface area contributed by atoms with E-state index in [0.29, 0.717) is 12.5 Å². The first-order valence-corrected chi connectivity index (χ1v) is 9.07. The average Bonchev–Trinajstić information content (AvgIpc) is 2.51. The lowest BCUT2D eigenvalue weighted by molar-refractivity contribution is 0.107. The van der Waals surface area contributed by atoms with Gasteiger partial charge in [-0.2, -0.15) is 0 Å². The molecular weight excluding hydrogens is 300 g/mol. The Balaban J connectivity index is 2.28. The van der Waals surface area contributed by atoms with E-state index in [1.54, 1.807) is 0 Å². The van der Waals surface area contributed by atoms with Crippen LogP contribution in [0, 0.1) is 11.3 Å². The summed E-state index contributed by atoms with van der Waals surface area (Å²) in [5.41, 5.74) is 7.99. The summed E-state index contributed by atoms with van der Waals surface area (Å²) >= 11 is 0. The molecule has 0 aliphatic carbocycles. The fraction of sp³-hybridized carbons (Fsp3) is 0.700. The number of hydrazine groups is 1. The van der Waals surface area contributed by atoms with E-state index in [4.69, 9.17) is 9.47 Å². The van der Waals surface area contributed by atoms with Crippen molar-refractivity contribution in [2.45, 2.75) is 54.0 Å². The monoisotopic (exact) mass is 336 g/mol. The molecule has 0 heterocycles. The van der Waals surface area contributed by atoms with Gasteiger partial charge >= 0.3 is 0 Å². The van der Waals surface area contributed by atoms with Crippen LogP contribution < -0.4 is 15.6 Å². The molecule has 1 atom stereocenters. The molecule has 0 spiro atoms. The Morgan fingerprint density at radius 3 is 2.54 bits per heavy atom. The first-order valence-electron chi connectivity index (χ1n) is 9.07. The van der Waals surface area contributed by atoms with E-state index < -0.39 is 0 Å². The van der Waals surface area contributed by atoms with E-state index in [0.717, 1.165) is 31.9 Å². The molecule has 1 unspecified atom stereocenters. The molecule has 0 aliphatic heterocycles. The molecular formula is C20H36N2O2. The van der Waals surface area contributed by atoms with E-state index in [-0.39, 0.29) is 11.5 Å². The highest BCUT2D eigenvalue weighted by Gasteiger charge is 2.12. The maximum absolute atomic E-state index is 5.89. The minimum absolute atomic E-state index is 0.166. The smallest absolute Gasteiger partial charge is 0.119 e. The summed E-state index contributed by atoms with van der Waals surface area (Å²) in [4.78, 5) is 0. The van der Waals surface area contributed by atoms with Crippen LogP contribution in [0.4, 0.5) is 0 Å². The normalized spacial score (nSPS) is 13.3. The Bertz CT molecular complexity index is 455. The fourth-order valence-corrected chi connectivity index (χ4v) is 2.06. The van der Waals surface area contributed by atoms with Crippen LogP contribution in [0.1, 0.15) is 59.6 Å². The van der Waals surface area contributed by atoms with Crippen LogP contribution in [0.15, 0.2) is 24.3 Å². The Morgan fingerprint density at radius 2 is 1.88 bits per heavy atom. The van der Waals surface area contributed by atoms with Gasteiger partial charge in [-0.15, -0.1) is 0 Å². The van der Waals surface area contributed by atoms with Gasteiger partial charge in [-0.3, -0.25) is 10.9 Å². The van der Waals surface area contributed by atoms with Crippen molar-refractivity contribution in [3.05, 3.63) is 29.8 Å². The van der Waals surface area contributed by atoms with Gasteiger partial charge in [0, 0.05) is 25.8 Å². The van der Waals surface area contributed by atoms with Gasteiger partial charge in [0.1, 0.15) is 5.75 Å². The maximum atomic E-state index is 5.89. The van der Waals surface area contributed by atoms with E-state index in [1.165, 1.54) is 5.56 Å². The summed E-state index contributed by atoms with van der Waals surface area (Å²) in [6.45, 7) is 16.3. The van der Waals surface area contributed by atoms with Gasteiger partial charge in [-0.25, -0.2) is 0 Å². The van der Waals surface area contributed by atoms with Crippen LogP contribution >= 0.6 is 0 Å². The molecule has 0 aromatic heterocycles. The minimum Gasteiger partial charge on any atom is -0.493 e. The highest BCUT2D eigenvalue weighted by Crippen LogP contribution is 2.21. The highest BCUT2D eigenvalue weighted by atomic mass is 16.5.